The van der Waals surface area contributed by atoms with Gasteiger partial charge in [0.15, 0.2) is 0 Å². The van der Waals surface area contributed by atoms with Crippen molar-refractivity contribution in [2.24, 2.45) is 0 Å². The van der Waals surface area contributed by atoms with Crippen LogP contribution in [0.4, 0.5) is 5.82 Å². The number of hydrogen-bond donors (Lipinski definition) is 2. The topological polar surface area (TPSA) is 75.3 Å². The van der Waals surface area contributed by atoms with E-state index < -0.39 is 0 Å². The average molecular weight is 290 g/mol. The van der Waals surface area contributed by atoms with Gasteiger partial charge in [0, 0.05) is 12.6 Å². The van der Waals surface area contributed by atoms with Crippen molar-refractivity contribution in [3.63, 3.8) is 0 Å². The molecule has 102 valence electrons. The van der Waals surface area contributed by atoms with Gasteiger partial charge in [-0.05, 0) is 11.1 Å². The molecule has 0 aliphatic carbocycles. The summed E-state index contributed by atoms with van der Waals surface area (Å²) in [6.45, 7) is 0.661. The fraction of sp³-hybridized carbons (Fsp3) is 0.154. The van der Waals surface area contributed by atoms with Crippen LogP contribution < -0.4 is 5.32 Å². The first-order valence-electron chi connectivity index (χ1n) is 6.05. The molecule has 2 aromatic heterocycles. The van der Waals surface area contributed by atoms with Gasteiger partial charge in [-0.15, -0.1) is 0 Å². The van der Waals surface area contributed by atoms with Gasteiger partial charge in [0.1, 0.15) is 17.3 Å². The van der Waals surface area contributed by atoms with Gasteiger partial charge < -0.3 is 10.4 Å². The molecule has 0 atom stereocenters. The molecule has 1 aromatic carbocycles. The summed E-state index contributed by atoms with van der Waals surface area (Å²) in [4.78, 5) is 8.07. The van der Waals surface area contributed by atoms with Gasteiger partial charge in [0.2, 0.25) is 0 Å². The Balaban J connectivity index is 1.80. The number of anilines is 1. The van der Waals surface area contributed by atoms with Crippen LogP contribution in [0.25, 0.3) is 5.78 Å². The van der Waals surface area contributed by atoms with Gasteiger partial charge >= 0.3 is 0 Å². The summed E-state index contributed by atoms with van der Waals surface area (Å²) in [5.41, 5.74) is 1.97. The molecule has 0 amide bonds. The second-order valence-electron chi connectivity index (χ2n) is 4.26. The second-order valence-corrected chi connectivity index (χ2v) is 4.65. The van der Waals surface area contributed by atoms with E-state index in [1.165, 1.54) is 6.33 Å². The predicted molar refractivity (Wildman–Crippen MR) is 75.5 cm³/mol. The first kappa shape index (κ1) is 12.8. The highest BCUT2D eigenvalue weighted by Crippen LogP contribution is 2.15. The van der Waals surface area contributed by atoms with Gasteiger partial charge in [0.25, 0.3) is 5.78 Å². The van der Waals surface area contributed by atoms with Gasteiger partial charge in [0.05, 0.1) is 6.61 Å². The standard InChI is InChI=1S/C13H12ClN5O/c14-11-5-12(19-13(18-11)16-8-17-19)15-6-9-1-3-10(7-20)4-2-9/h1-5,8,15,20H,6-7H2. The Bertz CT molecular complexity index is 725. The zero-order chi connectivity index (χ0) is 13.9. The minimum Gasteiger partial charge on any atom is -0.392 e. The van der Waals surface area contributed by atoms with E-state index in [2.05, 4.69) is 20.4 Å². The van der Waals surface area contributed by atoms with Crippen molar-refractivity contribution < 1.29 is 5.11 Å². The quantitative estimate of drug-likeness (QED) is 0.717. The lowest BCUT2D eigenvalue weighted by atomic mass is 10.1. The monoisotopic (exact) mass is 289 g/mol. The lowest BCUT2D eigenvalue weighted by Crippen LogP contribution is -2.06. The average Bonchev–Trinajstić information content (AvgIpc) is 2.93. The molecular formula is C13H12ClN5O. The molecule has 0 fully saturated rings. The van der Waals surface area contributed by atoms with E-state index >= 15 is 0 Å². The van der Waals surface area contributed by atoms with Crippen LogP contribution in [0.2, 0.25) is 5.15 Å². The van der Waals surface area contributed by atoms with Gasteiger partial charge in [-0.1, -0.05) is 35.9 Å². The highest BCUT2D eigenvalue weighted by molar-refractivity contribution is 6.29. The Morgan fingerprint density at radius 3 is 2.70 bits per heavy atom. The Morgan fingerprint density at radius 2 is 1.95 bits per heavy atom. The first-order chi connectivity index (χ1) is 9.76. The number of fused-ring (bicyclic) bond motifs is 1. The Labute approximate surface area is 120 Å². The molecule has 0 aliphatic heterocycles. The minimum atomic E-state index is 0.0489. The molecule has 6 nitrogen and oxygen atoms in total. The van der Waals surface area contributed by atoms with Crippen LogP contribution in [0.3, 0.4) is 0 Å². The number of halogens is 1. The summed E-state index contributed by atoms with van der Waals surface area (Å²) < 4.78 is 1.59. The zero-order valence-electron chi connectivity index (χ0n) is 10.5. The molecule has 0 spiro atoms. The summed E-state index contributed by atoms with van der Waals surface area (Å²) in [6, 6.07) is 9.40. The molecule has 0 radical (unpaired) electrons. The Kier molecular flexibility index (Phi) is 3.49. The number of aliphatic hydroxyl groups excluding tert-OH is 1. The SMILES string of the molecule is OCc1ccc(CNc2cc(Cl)nc3ncnn23)cc1. The second kappa shape index (κ2) is 5.44. The van der Waals surface area contributed by atoms with Gasteiger partial charge in [-0.3, -0.25) is 0 Å². The molecule has 0 unspecified atom stereocenters. The molecule has 0 saturated heterocycles. The van der Waals surface area contributed by atoms with E-state index in [9.17, 15) is 0 Å². The number of aromatic nitrogens is 4. The Hall–Kier alpha value is -2.18. The number of benzene rings is 1. The fourth-order valence-corrected chi connectivity index (χ4v) is 2.04. The highest BCUT2D eigenvalue weighted by atomic mass is 35.5. The Morgan fingerprint density at radius 1 is 1.20 bits per heavy atom. The number of nitrogens with one attached hydrogen (secondary N) is 1. The number of hydrogen-bond acceptors (Lipinski definition) is 5. The third-order valence-corrected chi connectivity index (χ3v) is 3.09. The van der Waals surface area contributed by atoms with Crippen molar-refractivity contribution in [2.75, 3.05) is 5.32 Å². The highest BCUT2D eigenvalue weighted by Gasteiger charge is 2.06. The van der Waals surface area contributed by atoms with Crippen molar-refractivity contribution in [1.82, 2.24) is 19.6 Å². The number of rotatable bonds is 4. The van der Waals surface area contributed by atoms with Crippen LogP contribution >= 0.6 is 11.6 Å². The molecule has 3 aromatic rings. The fourth-order valence-electron chi connectivity index (χ4n) is 1.86. The van der Waals surface area contributed by atoms with Gasteiger partial charge in [-0.25, -0.2) is 0 Å². The first-order valence-corrected chi connectivity index (χ1v) is 6.43. The normalized spacial score (nSPS) is 10.9. The summed E-state index contributed by atoms with van der Waals surface area (Å²) in [6.07, 6.45) is 1.43. The van der Waals surface area contributed by atoms with E-state index in [4.69, 9.17) is 16.7 Å². The van der Waals surface area contributed by atoms with Crippen LogP contribution in [0.1, 0.15) is 11.1 Å². The minimum absolute atomic E-state index is 0.0489. The molecule has 20 heavy (non-hydrogen) atoms. The van der Waals surface area contributed by atoms with Crippen molar-refractivity contribution in [3.8, 4) is 0 Å². The summed E-state index contributed by atoms with van der Waals surface area (Å²) >= 11 is 5.94. The summed E-state index contributed by atoms with van der Waals surface area (Å²) in [5, 5.41) is 16.7. The largest absolute Gasteiger partial charge is 0.392 e. The molecule has 2 N–H and O–H groups in total. The van der Waals surface area contributed by atoms with Crippen molar-refractivity contribution in [1.29, 1.82) is 0 Å². The lowest BCUT2D eigenvalue weighted by molar-refractivity contribution is 0.282. The third-order valence-electron chi connectivity index (χ3n) is 2.90. The molecule has 0 aliphatic rings. The number of aliphatic hydroxyl groups is 1. The van der Waals surface area contributed by atoms with Crippen LogP contribution in [0.15, 0.2) is 36.7 Å². The summed E-state index contributed by atoms with van der Waals surface area (Å²) in [7, 11) is 0. The van der Waals surface area contributed by atoms with Crippen molar-refractivity contribution >= 4 is 23.2 Å². The van der Waals surface area contributed by atoms with Crippen molar-refractivity contribution in [2.45, 2.75) is 13.2 Å². The van der Waals surface area contributed by atoms with E-state index in [0.29, 0.717) is 17.5 Å². The molecule has 0 bridgehead atoms. The van der Waals surface area contributed by atoms with Crippen LogP contribution in [-0.4, -0.2) is 24.7 Å². The van der Waals surface area contributed by atoms with Crippen LogP contribution in [0.5, 0.6) is 0 Å². The molecule has 3 rings (SSSR count). The van der Waals surface area contributed by atoms with E-state index in [0.717, 1.165) is 16.9 Å². The number of nitrogens with zero attached hydrogens (tertiary/aromatic N) is 4. The zero-order valence-corrected chi connectivity index (χ0v) is 11.2. The molecule has 0 saturated carbocycles. The van der Waals surface area contributed by atoms with Crippen LogP contribution in [-0.2, 0) is 13.2 Å². The maximum absolute atomic E-state index is 9.01. The summed E-state index contributed by atoms with van der Waals surface area (Å²) in [5.74, 6) is 1.18. The smallest absolute Gasteiger partial charge is 0.255 e. The predicted octanol–water partition coefficient (Wildman–Crippen LogP) is 1.88. The van der Waals surface area contributed by atoms with E-state index in [-0.39, 0.29) is 6.61 Å². The lowest BCUT2D eigenvalue weighted by Gasteiger charge is -2.08. The molecular weight excluding hydrogens is 278 g/mol. The maximum atomic E-state index is 9.01. The van der Waals surface area contributed by atoms with Crippen LogP contribution in [0, 0.1) is 0 Å². The van der Waals surface area contributed by atoms with E-state index in [1.807, 2.05) is 24.3 Å². The molecule has 7 heteroatoms. The van der Waals surface area contributed by atoms with Gasteiger partial charge in [-0.2, -0.15) is 19.6 Å². The van der Waals surface area contributed by atoms with Crippen molar-refractivity contribution in [3.05, 3.63) is 52.9 Å². The van der Waals surface area contributed by atoms with E-state index in [1.54, 1.807) is 10.6 Å². The third kappa shape index (κ3) is 2.56. The maximum Gasteiger partial charge on any atom is 0.255 e. The molecule has 2 heterocycles.